The third-order valence-corrected chi connectivity index (χ3v) is 5.32. The summed E-state index contributed by atoms with van der Waals surface area (Å²) in [5, 5.41) is 4.03. The van der Waals surface area contributed by atoms with Gasteiger partial charge >= 0.3 is 6.03 Å². The number of rotatable bonds is 4. The summed E-state index contributed by atoms with van der Waals surface area (Å²) >= 11 is 1.63. The number of hydrogen-bond acceptors (Lipinski definition) is 6. The van der Waals surface area contributed by atoms with E-state index in [1.807, 2.05) is 30.9 Å². The van der Waals surface area contributed by atoms with E-state index in [1.54, 1.807) is 24.6 Å². The number of thiazole rings is 1. The van der Waals surface area contributed by atoms with Crippen LogP contribution in [0.4, 0.5) is 10.6 Å². The summed E-state index contributed by atoms with van der Waals surface area (Å²) in [6.45, 7) is 7.35. The highest BCUT2D eigenvalue weighted by atomic mass is 32.1. The minimum Gasteiger partial charge on any atom is -0.497 e. The Morgan fingerprint density at radius 1 is 1.32 bits per heavy atom. The molecule has 7 nitrogen and oxygen atoms in total. The van der Waals surface area contributed by atoms with E-state index in [9.17, 15) is 4.79 Å². The normalized spacial score (nSPS) is 14.5. The number of ether oxygens (including phenoxy) is 1. The molecule has 0 saturated carbocycles. The summed E-state index contributed by atoms with van der Waals surface area (Å²) in [7, 11) is 1.65. The fourth-order valence-corrected chi connectivity index (χ4v) is 3.72. The molecule has 0 unspecified atom stereocenters. The van der Waals surface area contributed by atoms with Gasteiger partial charge in [0.15, 0.2) is 0 Å². The molecule has 0 radical (unpaired) electrons. The Morgan fingerprint density at radius 2 is 2.08 bits per heavy atom. The third-order valence-electron chi connectivity index (χ3n) is 4.24. The molecule has 0 atom stereocenters. The Balaban J connectivity index is 1.51. The maximum absolute atomic E-state index is 12.4. The molecule has 8 heteroatoms. The van der Waals surface area contributed by atoms with Gasteiger partial charge < -0.3 is 19.9 Å². The number of hydrogen-bond donors (Lipinski definition) is 1. The van der Waals surface area contributed by atoms with Crippen LogP contribution in [0.5, 0.6) is 5.75 Å². The SMILES string of the molecule is COc1ccnc(N2CCN(C(=O)NCc3sc(C)nc3C)CC2)c1. The van der Waals surface area contributed by atoms with Crippen molar-refractivity contribution >= 4 is 23.2 Å². The van der Waals surface area contributed by atoms with Gasteiger partial charge in [0.05, 0.1) is 24.4 Å². The Labute approximate surface area is 151 Å². The molecule has 2 aromatic heterocycles. The highest BCUT2D eigenvalue weighted by Crippen LogP contribution is 2.20. The predicted molar refractivity (Wildman–Crippen MR) is 98.4 cm³/mol. The molecule has 1 N–H and O–H groups in total. The van der Waals surface area contributed by atoms with Crippen molar-refractivity contribution in [2.45, 2.75) is 20.4 Å². The molecule has 1 aliphatic heterocycles. The number of nitrogens with zero attached hydrogens (tertiary/aromatic N) is 4. The Kier molecular flexibility index (Phi) is 5.37. The molecule has 2 amide bonds. The van der Waals surface area contributed by atoms with E-state index < -0.39 is 0 Å². The standard InChI is InChI=1S/C17H23N5O2S/c1-12-15(25-13(2)20-12)11-19-17(23)22-8-6-21(7-9-22)16-10-14(24-3)4-5-18-16/h4-5,10H,6-9,11H2,1-3H3,(H,19,23). The van der Waals surface area contributed by atoms with Gasteiger partial charge in [-0.2, -0.15) is 0 Å². The number of piperazine rings is 1. The first kappa shape index (κ1) is 17.5. The summed E-state index contributed by atoms with van der Waals surface area (Å²) in [5.74, 6) is 1.68. The average molecular weight is 361 g/mol. The summed E-state index contributed by atoms with van der Waals surface area (Å²) < 4.78 is 5.25. The second-order valence-corrected chi connectivity index (χ2v) is 7.22. The number of methoxy groups -OCH3 is 1. The number of aromatic nitrogens is 2. The topological polar surface area (TPSA) is 70.6 Å². The lowest BCUT2D eigenvalue weighted by Gasteiger charge is -2.35. The quantitative estimate of drug-likeness (QED) is 0.904. The van der Waals surface area contributed by atoms with Crippen molar-refractivity contribution in [3.8, 4) is 5.75 Å². The number of amides is 2. The molecule has 134 valence electrons. The van der Waals surface area contributed by atoms with Crippen molar-refractivity contribution in [2.75, 3.05) is 38.2 Å². The Morgan fingerprint density at radius 3 is 2.72 bits per heavy atom. The van der Waals surface area contributed by atoms with E-state index in [4.69, 9.17) is 4.74 Å². The van der Waals surface area contributed by atoms with Crippen LogP contribution in [-0.2, 0) is 6.54 Å². The van der Waals surface area contributed by atoms with E-state index in [-0.39, 0.29) is 6.03 Å². The maximum Gasteiger partial charge on any atom is 0.317 e. The second kappa shape index (κ2) is 7.69. The molecule has 1 aliphatic rings. The predicted octanol–water partition coefficient (Wildman–Crippen LogP) is 2.20. The van der Waals surface area contributed by atoms with Crippen molar-refractivity contribution in [3.05, 3.63) is 33.9 Å². The summed E-state index contributed by atoms with van der Waals surface area (Å²) in [5.41, 5.74) is 0.997. The Bertz CT molecular complexity index is 740. The first-order valence-corrected chi connectivity index (χ1v) is 9.09. The van der Waals surface area contributed by atoms with Crippen LogP contribution in [0.3, 0.4) is 0 Å². The molecule has 2 aromatic rings. The molecule has 3 heterocycles. The van der Waals surface area contributed by atoms with Crippen LogP contribution >= 0.6 is 11.3 Å². The number of pyridine rings is 1. The van der Waals surface area contributed by atoms with Crippen LogP contribution in [0.2, 0.25) is 0 Å². The summed E-state index contributed by atoms with van der Waals surface area (Å²) in [4.78, 5) is 26.3. The number of anilines is 1. The van der Waals surface area contributed by atoms with Gasteiger partial charge in [-0.3, -0.25) is 0 Å². The van der Waals surface area contributed by atoms with Gasteiger partial charge in [0, 0.05) is 43.3 Å². The van der Waals surface area contributed by atoms with Gasteiger partial charge in [0.1, 0.15) is 11.6 Å². The molecule has 1 fully saturated rings. The minimum absolute atomic E-state index is 0.0243. The maximum atomic E-state index is 12.4. The molecular formula is C17H23N5O2S. The van der Waals surface area contributed by atoms with Crippen molar-refractivity contribution < 1.29 is 9.53 Å². The molecule has 0 spiro atoms. The van der Waals surface area contributed by atoms with Gasteiger partial charge in [-0.25, -0.2) is 14.8 Å². The van der Waals surface area contributed by atoms with Gasteiger partial charge in [-0.15, -0.1) is 11.3 Å². The molecule has 0 aromatic carbocycles. The smallest absolute Gasteiger partial charge is 0.317 e. The van der Waals surface area contributed by atoms with Gasteiger partial charge in [-0.1, -0.05) is 0 Å². The molecule has 0 bridgehead atoms. The van der Waals surface area contributed by atoms with Crippen molar-refractivity contribution in [2.24, 2.45) is 0 Å². The van der Waals surface area contributed by atoms with Crippen LogP contribution in [0, 0.1) is 13.8 Å². The van der Waals surface area contributed by atoms with Crippen LogP contribution in [-0.4, -0.2) is 54.2 Å². The van der Waals surface area contributed by atoms with Crippen molar-refractivity contribution in [1.82, 2.24) is 20.2 Å². The zero-order chi connectivity index (χ0) is 17.8. The highest BCUT2D eigenvalue weighted by Gasteiger charge is 2.22. The molecule has 25 heavy (non-hydrogen) atoms. The van der Waals surface area contributed by atoms with Crippen LogP contribution < -0.4 is 15.0 Å². The van der Waals surface area contributed by atoms with Crippen LogP contribution in [0.25, 0.3) is 0 Å². The zero-order valence-corrected chi connectivity index (χ0v) is 15.6. The Hall–Kier alpha value is -2.35. The lowest BCUT2D eigenvalue weighted by molar-refractivity contribution is 0.194. The van der Waals surface area contributed by atoms with E-state index in [1.165, 1.54) is 0 Å². The number of nitrogens with one attached hydrogen (secondary N) is 1. The summed E-state index contributed by atoms with van der Waals surface area (Å²) in [6.07, 6.45) is 1.74. The largest absolute Gasteiger partial charge is 0.497 e. The first-order valence-electron chi connectivity index (χ1n) is 8.27. The number of carbonyl (C=O) groups excluding carboxylic acids is 1. The monoisotopic (exact) mass is 361 g/mol. The third kappa shape index (κ3) is 4.19. The average Bonchev–Trinajstić information content (AvgIpc) is 2.97. The second-order valence-electron chi connectivity index (χ2n) is 5.93. The van der Waals surface area contributed by atoms with Gasteiger partial charge in [0.2, 0.25) is 0 Å². The fourth-order valence-electron chi connectivity index (χ4n) is 2.84. The first-order chi connectivity index (χ1) is 12.1. The fraction of sp³-hybridized carbons (Fsp3) is 0.471. The van der Waals surface area contributed by atoms with E-state index >= 15 is 0 Å². The summed E-state index contributed by atoms with van der Waals surface area (Å²) in [6, 6.07) is 3.73. The number of aryl methyl sites for hydroxylation is 2. The molecule has 1 saturated heterocycles. The van der Waals surface area contributed by atoms with E-state index in [0.717, 1.165) is 40.2 Å². The van der Waals surface area contributed by atoms with Crippen LogP contribution in [0.1, 0.15) is 15.6 Å². The number of urea groups is 1. The van der Waals surface area contributed by atoms with E-state index in [0.29, 0.717) is 19.6 Å². The molecule has 0 aliphatic carbocycles. The lowest BCUT2D eigenvalue weighted by Crippen LogP contribution is -2.51. The van der Waals surface area contributed by atoms with Gasteiger partial charge in [-0.05, 0) is 19.9 Å². The minimum atomic E-state index is -0.0243. The van der Waals surface area contributed by atoms with Crippen molar-refractivity contribution in [3.63, 3.8) is 0 Å². The molecule has 3 rings (SSSR count). The lowest BCUT2D eigenvalue weighted by atomic mass is 10.3. The highest BCUT2D eigenvalue weighted by molar-refractivity contribution is 7.11. The van der Waals surface area contributed by atoms with Crippen molar-refractivity contribution in [1.29, 1.82) is 0 Å². The zero-order valence-electron chi connectivity index (χ0n) is 14.8. The number of carbonyl (C=O) groups is 1. The van der Waals surface area contributed by atoms with Crippen LogP contribution in [0.15, 0.2) is 18.3 Å². The van der Waals surface area contributed by atoms with Gasteiger partial charge in [0.25, 0.3) is 0 Å². The molecular weight excluding hydrogens is 338 g/mol. The van der Waals surface area contributed by atoms with E-state index in [2.05, 4.69) is 20.2 Å².